The number of nitrogens with zero attached hydrogens (tertiary/aromatic N) is 2. The van der Waals surface area contributed by atoms with Crippen LogP contribution in [0.5, 0.6) is 0 Å². The van der Waals surface area contributed by atoms with Crippen LogP contribution in [0.3, 0.4) is 0 Å². The van der Waals surface area contributed by atoms with E-state index in [4.69, 9.17) is 0 Å². The quantitative estimate of drug-likeness (QED) is 0.649. The molecule has 1 amide bonds. The average molecular weight is 408 g/mol. The van der Waals surface area contributed by atoms with Crippen LogP contribution in [0.15, 0.2) is 54.6 Å². The van der Waals surface area contributed by atoms with E-state index in [0.29, 0.717) is 13.0 Å². The summed E-state index contributed by atoms with van der Waals surface area (Å²) in [5.41, 5.74) is 0.932. The summed E-state index contributed by atoms with van der Waals surface area (Å²) in [6.45, 7) is 2.55. The standard InChI is InChI=1S/C20H26FN3O3S/c1-16(24(28(3,26)27)19-13-8-7-12-18(19)21)20(25)22-14-9-15-23(2)17-10-5-4-6-11-17/h4-8,10-13,16H,9,14-15H2,1-3H3,(H,22,25)/t16-/m0/s1. The molecular weight excluding hydrogens is 381 g/mol. The van der Waals surface area contributed by atoms with Gasteiger partial charge in [-0.3, -0.25) is 9.10 Å². The van der Waals surface area contributed by atoms with Gasteiger partial charge in [0.2, 0.25) is 15.9 Å². The van der Waals surface area contributed by atoms with Crippen molar-refractivity contribution >= 4 is 27.3 Å². The summed E-state index contributed by atoms with van der Waals surface area (Å²) in [5, 5.41) is 2.74. The summed E-state index contributed by atoms with van der Waals surface area (Å²) in [7, 11) is -1.88. The SMILES string of the molecule is C[C@@H](C(=O)NCCCN(C)c1ccccc1)N(c1ccccc1F)S(C)(=O)=O. The first-order chi connectivity index (χ1) is 13.2. The van der Waals surface area contributed by atoms with Gasteiger partial charge in [0.25, 0.3) is 0 Å². The van der Waals surface area contributed by atoms with Crippen molar-refractivity contribution in [3.05, 3.63) is 60.4 Å². The van der Waals surface area contributed by atoms with Crippen molar-refractivity contribution in [1.82, 2.24) is 5.32 Å². The van der Waals surface area contributed by atoms with Crippen LogP contribution in [0, 0.1) is 5.82 Å². The molecule has 0 aliphatic rings. The first kappa shape index (κ1) is 21.7. The van der Waals surface area contributed by atoms with Gasteiger partial charge < -0.3 is 10.2 Å². The van der Waals surface area contributed by atoms with E-state index in [9.17, 15) is 17.6 Å². The van der Waals surface area contributed by atoms with Crippen LogP contribution < -0.4 is 14.5 Å². The predicted molar refractivity (Wildman–Crippen MR) is 111 cm³/mol. The van der Waals surface area contributed by atoms with Crippen LogP contribution in [0.4, 0.5) is 15.8 Å². The van der Waals surface area contributed by atoms with Crippen LogP contribution in [-0.2, 0) is 14.8 Å². The fraction of sp³-hybridized carbons (Fsp3) is 0.350. The average Bonchev–Trinajstić information content (AvgIpc) is 2.66. The van der Waals surface area contributed by atoms with Gasteiger partial charge >= 0.3 is 0 Å². The number of nitrogens with one attached hydrogen (secondary N) is 1. The van der Waals surface area contributed by atoms with Gasteiger partial charge in [-0.1, -0.05) is 30.3 Å². The van der Waals surface area contributed by atoms with Crippen LogP contribution in [0.2, 0.25) is 0 Å². The smallest absolute Gasteiger partial charge is 0.243 e. The molecule has 0 saturated carbocycles. The van der Waals surface area contributed by atoms with Gasteiger partial charge in [-0.25, -0.2) is 12.8 Å². The number of para-hydroxylation sites is 2. The van der Waals surface area contributed by atoms with Gasteiger partial charge in [0.05, 0.1) is 11.9 Å². The molecule has 0 saturated heterocycles. The maximum atomic E-state index is 14.1. The summed E-state index contributed by atoms with van der Waals surface area (Å²) in [4.78, 5) is 14.5. The highest BCUT2D eigenvalue weighted by Gasteiger charge is 2.30. The van der Waals surface area contributed by atoms with Crippen molar-refractivity contribution in [1.29, 1.82) is 0 Å². The molecule has 0 aromatic heterocycles. The zero-order valence-electron chi connectivity index (χ0n) is 16.3. The lowest BCUT2D eigenvalue weighted by Crippen LogP contribution is -2.48. The Balaban J connectivity index is 1.95. The third kappa shape index (κ3) is 5.69. The number of benzene rings is 2. The minimum absolute atomic E-state index is 0.142. The van der Waals surface area contributed by atoms with Gasteiger partial charge in [-0.15, -0.1) is 0 Å². The number of rotatable bonds is 9. The summed E-state index contributed by atoms with van der Waals surface area (Å²) in [6, 6.07) is 14.3. The second kappa shape index (κ2) is 9.54. The fourth-order valence-electron chi connectivity index (χ4n) is 2.90. The maximum absolute atomic E-state index is 14.1. The molecule has 0 bridgehead atoms. The molecule has 0 radical (unpaired) electrons. The summed E-state index contributed by atoms with van der Waals surface area (Å²) in [5.74, 6) is -1.17. The largest absolute Gasteiger partial charge is 0.375 e. The Morgan fingerprint density at radius 3 is 2.32 bits per heavy atom. The Bertz CT molecular complexity index is 891. The molecule has 28 heavy (non-hydrogen) atoms. The molecule has 2 aromatic rings. The molecule has 152 valence electrons. The van der Waals surface area contributed by atoms with Crippen molar-refractivity contribution in [3.8, 4) is 0 Å². The van der Waals surface area contributed by atoms with Gasteiger partial charge in [0.15, 0.2) is 0 Å². The Labute approximate surface area is 166 Å². The van der Waals surface area contributed by atoms with Gasteiger partial charge in [0.1, 0.15) is 11.9 Å². The molecule has 0 heterocycles. The topological polar surface area (TPSA) is 69.7 Å². The van der Waals surface area contributed by atoms with Crippen LogP contribution in [-0.4, -0.2) is 46.8 Å². The van der Waals surface area contributed by atoms with Crippen LogP contribution >= 0.6 is 0 Å². The van der Waals surface area contributed by atoms with Crippen molar-refractivity contribution < 1.29 is 17.6 Å². The first-order valence-electron chi connectivity index (χ1n) is 8.99. The number of anilines is 2. The second-order valence-electron chi connectivity index (χ2n) is 6.59. The van der Waals surface area contributed by atoms with E-state index in [1.807, 2.05) is 37.4 Å². The van der Waals surface area contributed by atoms with Gasteiger partial charge in [-0.2, -0.15) is 0 Å². The normalized spacial score (nSPS) is 12.3. The number of carbonyl (C=O) groups is 1. The molecule has 2 rings (SSSR count). The molecule has 6 nitrogen and oxygen atoms in total. The molecule has 8 heteroatoms. The van der Waals surface area contributed by atoms with E-state index >= 15 is 0 Å². The molecule has 0 aliphatic carbocycles. The molecule has 0 spiro atoms. The van der Waals surface area contributed by atoms with Crippen LogP contribution in [0.25, 0.3) is 0 Å². The molecular formula is C20H26FN3O3S. The van der Waals surface area contributed by atoms with Crippen molar-refractivity contribution in [3.63, 3.8) is 0 Å². The minimum Gasteiger partial charge on any atom is -0.375 e. The highest BCUT2D eigenvalue weighted by atomic mass is 32.2. The van der Waals surface area contributed by atoms with Crippen LogP contribution in [0.1, 0.15) is 13.3 Å². The predicted octanol–water partition coefficient (Wildman–Crippen LogP) is 2.62. The molecule has 2 aromatic carbocycles. The number of halogens is 1. The fourth-order valence-corrected chi connectivity index (χ4v) is 4.07. The zero-order valence-corrected chi connectivity index (χ0v) is 17.1. The zero-order chi connectivity index (χ0) is 20.7. The third-order valence-corrected chi connectivity index (χ3v) is 5.57. The lowest BCUT2D eigenvalue weighted by Gasteiger charge is -2.28. The summed E-state index contributed by atoms with van der Waals surface area (Å²) >= 11 is 0. The Morgan fingerprint density at radius 2 is 1.71 bits per heavy atom. The van der Waals surface area contributed by atoms with Crippen molar-refractivity contribution in [2.45, 2.75) is 19.4 Å². The van der Waals surface area contributed by atoms with E-state index in [-0.39, 0.29) is 5.69 Å². The van der Waals surface area contributed by atoms with Crippen molar-refractivity contribution in [2.24, 2.45) is 0 Å². The highest BCUT2D eigenvalue weighted by molar-refractivity contribution is 7.92. The molecule has 0 unspecified atom stereocenters. The van der Waals surface area contributed by atoms with E-state index < -0.39 is 27.8 Å². The summed E-state index contributed by atoms with van der Waals surface area (Å²) in [6.07, 6.45) is 1.64. The number of carbonyl (C=O) groups excluding carboxylic acids is 1. The molecule has 0 fully saturated rings. The van der Waals surface area contributed by atoms with E-state index in [2.05, 4.69) is 10.2 Å². The Morgan fingerprint density at radius 1 is 1.11 bits per heavy atom. The Hall–Kier alpha value is -2.61. The lowest BCUT2D eigenvalue weighted by atomic mass is 10.2. The maximum Gasteiger partial charge on any atom is 0.243 e. The van der Waals surface area contributed by atoms with E-state index in [1.54, 1.807) is 0 Å². The van der Waals surface area contributed by atoms with Crippen molar-refractivity contribution in [2.75, 3.05) is 35.6 Å². The monoisotopic (exact) mass is 407 g/mol. The molecule has 1 atom stereocenters. The highest BCUT2D eigenvalue weighted by Crippen LogP contribution is 2.24. The molecule has 1 N–H and O–H groups in total. The summed E-state index contributed by atoms with van der Waals surface area (Å²) < 4.78 is 39.3. The third-order valence-electron chi connectivity index (χ3n) is 4.34. The second-order valence-corrected chi connectivity index (χ2v) is 8.45. The number of hydrogen-bond acceptors (Lipinski definition) is 4. The molecule has 0 aliphatic heterocycles. The Kier molecular flexibility index (Phi) is 7.39. The van der Waals surface area contributed by atoms with E-state index in [0.717, 1.165) is 28.9 Å². The number of hydrogen-bond donors (Lipinski definition) is 1. The van der Waals surface area contributed by atoms with Gasteiger partial charge in [0, 0.05) is 25.8 Å². The van der Waals surface area contributed by atoms with Gasteiger partial charge in [-0.05, 0) is 37.6 Å². The lowest BCUT2D eigenvalue weighted by molar-refractivity contribution is -0.121. The first-order valence-corrected chi connectivity index (χ1v) is 10.8. The van der Waals surface area contributed by atoms with E-state index in [1.165, 1.54) is 25.1 Å². The minimum atomic E-state index is -3.84. The number of amides is 1. The number of sulfonamides is 1.